The van der Waals surface area contributed by atoms with E-state index in [1.165, 1.54) is 5.56 Å². The summed E-state index contributed by atoms with van der Waals surface area (Å²) >= 11 is 0. The molecule has 1 N–H and O–H groups in total. The summed E-state index contributed by atoms with van der Waals surface area (Å²) in [5, 5.41) is 13.4. The van der Waals surface area contributed by atoms with Crippen molar-refractivity contribution in [3.8, 4) is 11.8 Å². The third-order valence-electron chi connectivity index (χ3n) is 6.49. The van der Waals surface area contributed by atoms with Crippen molar-refractivity contribution < 1.29 is 4.74 Å². The minimum atomic E-state index is 0.427. The van der Waals surface area contributed by atoms with Crippen LogP contribution in [0.4, 0.5) is 5.69 Å². The Morgan fingerprint density at radius 3 is 2.53 bits per heavy atom. The van der Waals surface area contributed by atoms with Gasteiger partial charge in [0.05, 0.1) is 30.2 Å². The summed E-state index contributed by atoms with van der Waals surface area (Å²) in [4.78, 5) is 10.9. The van der Waals surface area contributed by atoms with Gasteiger partial charge in [-0.25, -0.2) is 4.98 Å². The third-order valence-corrected chi connectivity index (χ3v) is 6.49. The van der Waals surface area contributed by atoms with Crippen LogP contribution < -0.4 is 15.0 Å². The van der Waals surface area contributed by atoms with Crippen molar-refractivity contribution >= 4 is 27.9 Å². The normalized spacial score (nSPS) is 11.9. The van der Waals surface area contributed by atoms with E-state index in [9.17, 15) is 5.26 Å². The number of aromatic nitrogens is 2. The zero-order chi connectivity index (χ0) is 25.2. The van der Waals surface area contributed by atoms with Gasteiger partial charge in [0.2, 0.25) is 0 Å². The van der Waals surface area contributed by atoms with Crippen LogP contribution in [0, 0.1) is 11.3 Å². The van der Waals surface area contributed by atoms with E-state index in [-0.39, 0.29) is 0 Å². The number of fused-ring (bicyclic) bond motifs is 1. The second-order valence-electron chi connectivity index (χ2n) is 9.01. The van der Waals surface area contributed by atoms with E-state index >= 15 is 0 Å². The molecule has 0 unspecified atom stereocenters. The lowest BCUT2D eigenvalue weighted by Gasteiger charge is -2.22. The van der Waals surface area contributed by atoms with Crippen LogP contribution in [0.3, 0.4) is 0 Å². The summed E-state index contributed by atoms with van der Waals surface area (Å²) in [6, 6.07) is 18.5. The molecular weight excluding hydrogens is 446 g/mol. The number of pyridine rings is 2. The maximum absolute atomic E-state index is 9.18. The van der Waals surface area contributed by atoms with E-state index in [1.807, 2.05) is 44.7 Å². The first-order valence-corrected chi connectivity index (χ1v) is 11.8. The maximum Gasteiger partial charge on any atom is 0.140 e. The van der Waals surface area contributed by atoms with Crippen LogP contribution in [0.25, 0.3) is 22.2 Å². The quantitative estimate of drug-likeness (QED) is 0.373. The SMILES string of the molecule is C=C(c1ccc(C2=CN2)cc1)c1c(N(C)C)cnc2cc(OC)c(CCc3ccnc(C#N)c3)cc12. The van der Waals surface area contributed by atoms with Crippen LogP contribution in [-0.4, -0.2) is 31.2 Å². The molecule has 0 amide bonds. The van der Waals surface area contributed by atoms with Gasteiger partial charge in [0.25, 0.3) is 0 Å². The summed E-state index contributed by atoms with van der Waals surface area (Å²) in [5.74, 6) is 0.799. The van der Waals surface area contributed by atoms with Gasteiger partial charge in [-0.3, -0.25) is 4.98 Å². The van der Waals surface area contributed by atoms with Gasteiger partial charge in [0, 0.05) is 43.5 Å². The van der Waals surface area contributed by atoms with Gasteiger partial charge >= 0.3 is 0 Å². The first-order chi connectivity index (χ1) is 17.5. The van der Waals surface area contributed by atoms with Crippen molar-refractivity contribution in [3.05, 3.63) is 107 Å². The van der Waals surface area contributed by atoms with Crippen LogP contribution in [0.1, 0.15) is 33.5 Å². The summed E-state index contributed by atoms with van der Waals surface area (Å²) in [6.45, 7) is 4.51. The lowest BCUT2D eigenvalue weighted by Crippen LogP contribution is -2.12. The fourth-order valence-electron chi connectivity index (χ4n) is 4.46. The van der Waals surface area contributed by atoms with Gasteiger partial charge in [-0.05, 0) is 58.9 Å². The molecule has 1 aliphatic heterocycles. The number of rotatable bonds is 8. The fraction of sp³-hybridized carbons (Fsp3) is 0.167. The molecule has 6 nitrogen and oxygen atoms in total. The number of nitriles is 1. The number of benzene rings is 2. The molecule has 0 fully saturated rings. The molecule has 0 radical (unpaired) electrons. The number of ether oxygens (including phenoxy) is 1. The number of hydrogen-bond donors (Lipinski definition) is 1. The van der Waals surface area contributed by atoms with Crippen molar-refractivity contribution in [2.75, 3.05) is 26.1 Å². The van der Waals surface area contributed by atoms with Crippen LogP contribution in [0.15, 0.2) is 73.7 Å². The van der Waals surface area contributed by atoms with Crippen LogP contribution in [0.5, 0.6) is 5.75 Å². The molecule has 3 heterocycles. The number of nitrogens with zero attached hydrogens (tertiary/aromatic N) is 4. The minimum absolute atomic E-state index is 0.427. The van der Waals surface area contributed by atoms with Crippen molar-refractivity contribution in [1.29, 1.82) is 5.26 Å². The molecule has 5 rings (SSSR count). The molecule has 0 saturated carbocycles. The second kappa shape index (κ2) is 9.55. The van der Waals surface area contributed by atoms with Crippen LogP contribution in [-0.2, 0) is 12.8 Å². The molecule has 2 aromatic carbocycles. The van der Waals surface area contributed by atoms with Crippen molar-refractivity contribution in [2.24, 2.45) is 0 Å². The molecule has 178 valence electrons. The van der Waals surface area contributed by atoms with E-state index in [0.29, 0.717) is 5.69 Å². The molecular formula is C30H27N5O. The number of nitrogens with one attached hydrogen (secondary N) is 1. The van der Waals surface area contributed by atoms with Crippen molar-refractivity contribution in [2.45, 2.75) is 12.8 Å². The Morgan fingerprint density at radius 2 is 1.86 bits per heavy atom. The van der Waals surface area contributed by atoms with E-state index in [1.54, 1.807) is 13.3 Å². The van der Waals surface area contributed by atoms with E-state index in [2.05, 4.69) is 58.2 Å². The average molecular weight is 474 g/mol. The third kappa shape index (κ3) is 4.51. The highest BCUT2D eigenvalue weighted by atomic mass is 16.5. The topological polar surface area (TPSA) is 84.0 Å². The Balaban J connectivity index is 1.58. The van der Waals surface area contributed by atoms with Crippen molar-refractivity contribution in [3.63, 3.8) is 0 Å². The molecule has 36 heavy (non-hydrogen) atoms. The van der Waals surface area contributed by atoms with Gasteiger partial charge in [0.1, 0.15) is 17.5 Å². The van der Waals surface area contributed by atoms with Crippen LogP contribution >= 0.6 is 0 Å². The number of hydrogen-bond acceptors (Lipinski definition) is 6. The number of methoxy groups -OCH3 is 1. The zero-order valence-electron chi connectivity index (χ0n) is 20.7. The molecule has 0 bridgehead atoms. The van der Waals surface area contributed by atoms with Crippen LogP contribution in [0.2, 0.25) is 0 Å². The lowest BCUT2D eigenvalue weighted by molar-refractivity contribution is 0.410. The van der Waals surface area contributed by atoms with E-state index in [0.717, 1.165) is 68.7 Å². The van der Waals surface area contributed by atoms with Gasteiger partial charge < -0.3 is 15.0 Å². The van der Waals surface area contributed by atoms with E-state index < -0.39 is 0 Å². The average Bonchev–Trinajstić information content (AvgIpc) is 3.76. The van der Waals surface area contributed by atoms with Gasteiger partial charge in [-0.2, -0.15) is 5.26 Å². The highest BCUT2D eigenvalue weighted by Crippen LogP contribution is 2.38. The first kappa shape index (κ1) is 23.1. The summed E-state index contributed by atoms with van der Waals surface area (Å²) in [6.07, 6.45) is 7.09. The Bertz CT molecular complexity index is 1540. The van der Waals surface area contributed by atoms with E-state index in [4.69, 9.17) is 9.72 Å². The summed E-state index contributed by atoms with van der Waals surface area (Å²) in [7, 11) is 5.73. The number of anilines is 1. The Hall–Kier alpha value is -4.63. The number of aryl methyl sites for hydroxylation is 2. The smallest absolute Gasteiger partial charge is 0.140 e. The maximum atomic E-state index is 9.18. The highest BCUT2D eigenvalue weighted by Gasteiger charge is 2.18. The lowest BCUT2D eigenvalue weighted by atomic mass is 9.92. The Kier molecular flexibility index (Phi) is 6.14. The first-order valence-electron chi connectivity index (χ1n) is 11.8. The predicted molar refractivity (Wildman–Crippen MR) is 145 cm³/mol. The summed E-state index contributed by atoms with van der Waals surface area (Å²) in [5.41, 5.74) is 9.82. The molecule has 1 aliphatic rings. The second-order valence-corrected chi connectivity index (χ2v) is 9.01. The molecule has 0 atom stereocenters. The predicted octanol–water partition coefficient (Wildman–Crippen LogP) is 5.32. The fourth-order valence-corrected chi connectivity index (χ4v) is 4.46. The molecule has 0 spiro atoms. The summed E-state index contributed by atoms with van der Waals surface area (Å²) < 4.78 is 5.74. The Labute approximate surface area is 211 Å². The molecule has 6 heteroatoms. The van der Waals surface area contributed by atoms with Gasteiger partial charge in [-0.1, -0.05) is 30.8 Å². The Morgan fingerprint density at radius 1 is 1.08 bits per heavy atom. The van der Waals surface area contributed by atoms with Crippen molar-refractivity contribution in [1.82, 2.24) is 15.3 Å². The standard InChI is InChI=1S/C30H27N5O/c1-19(21-7-9-22(10-8-21)27-17-33-27)30-25-14-23(6-5-20-11-12-32-24(13-20)16-31)29(36-4)15-26(25)34-18-28(30)35(2)3/h7-15,17-18,33H,1,5-6H2,2-4H3. The molecule has 0 aliphatic carbocycles. The monoisotopic (exact) mass is 473 g/mol. The molecule has 4 aromatic rings. The van der Waals surface area contributed by atoms with Gasteiger partial charge in [-0.15, -0.1) is 0 Å². The zero-order valence-corrected chi connectivity index (χ0v) is 20.7. The minimum Gasteiger partial charge on any atom is -0.496 e. The molecule has 0 saturated heterocycles. The highest BCUT2D eigenvalue weighted by molar-refractivity contribution is 6.01. The molecule has 2 aromatic heterocycles. The largest absolute Gasteiger partial charge is 0.496 e. The van der Waals surface area contributed by atoms with Gasteiger partial charge in [0.15, 0.2) is 0 Å².